The van der Waals surface area contributed by atoms with E-state index in [2.05, 4.69) is 56.5 Å². The SMILES string of the molecule is C=COON1C(=O)/C(=C\c2ccc(-c3c(C)cc(C)cc3C)cc2)SC1=S. The van der Waals surface area contributed by atoms with Gasteiger partial charge in [-0.2, -0.15) is 0 Å². The molecule has 1 saturated heterocycles. The molecule has 0 bridgehead atoms. The zero-order chi connectivity index (χ0) is 19.6. The zero-order valence-electron chi connectivity index (χ0n) is 15.3. The highest BCUT2D eigenvalue weighted by Crippen LogP contribution is 2.34. The van der Waals surface area contributed by atoms with Crippen LogP contribution in [0.4, 0.5) is 0 Å². The molecule has 1 fully saturated rings. The molecule has 138 valence electrons. The summed E-state index contributed by atoms with van der Waals surface area (Å²) in [5, 5.41) is 0.931. The number of carbonyl (C=O) groups is 1. The molecule has 0 aromatic heterocycles. The number of thioether (sulfide) groups is 1. The third-order valence-electron chi connectivity index (χ3n) is 4.12. The van der Waals surface area contributed by atoms with Crippen molar-refractivity contribution in [1.82, 2.24) is 5.06 Å². The summed E-state index contributed by atoms with van der Waals surface area (Å²) in [5.74, 6) is -0.360. The number of benzene rings is 2. The highest BCUT2D eigenvalue weighted by atomic mass is 32.2. The van der Waals surface area contributed by atoms with Gasteiger partial charge < -0.3 is 4.89 Å². The van der Waals surface area contributed by atoms with Crippen LogP contribution < -0.4 is 0 Å². The van der Waals surface area contributed by atoms with Crippen molar-refractivity contribution < 1.29 is 14.7 Å². The van der Waals surface area contributed by atoms with E-state index in [0.717, 1.165) is 34.2 Å². The lowest BCUT2D eigenvalue weighted by molar-refractivity contribution is -0.350. The molecule has 4 nitrogen and oxygen atoms in total. The molecule has 1 amide bonds. The number of hydrogen-bond acceptors (Lipinski definition) is 5. The standard InChI is InChI=1S/C21H19NO3S2/c1-5-24-25-22-20(23)18(27-21(22)26)12-16-6-8-17(9-7-16)19-14(3)10-13(2)11-15(19)4/h5-12H,1H2,2-4H3/b18-12+. The van der Waals surface area contributed by atoms with Crippen molar-refractivity contribution in [3.05, 3.63) is 76.4 Å². The third kappa shape index (κ3) is 4.13. The fourth-order valence-electron chi connectivity index (χ4n) is 3.12. The first-order valence-electron chi connectivity index (χ1n) is 8.31. The van der Waals surface area contributed by atoms with Gasteiger partial charge >= 0.3 is 0 Å². The maximum Gasteiger partial charge on any atom is 0.293 e. The number of thiocarbonyl (C=S) groups is 1. The van der Waals surface area contributed by atoms with Gasteiger partial charge in [-0.05, 0) is 66.9 Å². The number of aryl methyl sites for hydroxylation is 3. The highest BCUT2D eigenvalue weighted by Gasteiger charge is 2.34. The predicted molar refractivity (Wildman–Crippen MR) is 113 cm³/mol. The number of amides is 1. The molecule has 1 heterocycles. The van der Waals surface area contributed by atoms with Crippen LogP contribution in [0.1, 0.15) is 22.3 Å². The molecule has 0 atom stereocenters. The van der Waals surface area contributed by atoms with E-state index >= 15 is 0 Å². The van der Waals surface area contributed by atoms with E-state index in [9.17, 15) is 4.79 Å². The minimum absolute atomic E-state index is 0.274. The van der Waals surface area contributed by atoms with Crippen molar-refractivity contribution in [3.63, 3.8) is 0 Å². The van der Waals surface area contributed by atoms with Gasteiger partial charge in [0.25, 0.3) is 5.91 Å². The molecule has 0 N–H and O–H groups in total. The summed E-state index contributed by atoms with van der Waals surface area (Å²) in [5.41, 5.74) is 7.06. The zero-order valence-corrected chi connectivity index (χ0v) is 16.9. The van der Waals surface area contributed by atoms with Gasteiger partial charge in [0.1, 0.15) is 6.26 Å². The summed E-state index contributed by atoms with van der Waals surface area (Å²) < 4.78 is 0.274. The molecule has 2 aromatic rings. The second kappa shape index (κ2) is 8.08. The van der Waals surface area contributed by atoms with Gasteiger partial charge in [0.05, 0.1) is 4.91 Å². The van der Waals surface area contributed by atoms with E-state index in [1.54, 1.807) is 6.08 Å². The first kappa shape index (κ1) is 19.4. The Morgan fingerprint density at radius 3 is 2.33 bits per heavy atom. The van der Waals surface area contributed by atoms with Crippen LogP contribution >= 0.6 is 24.0 Å². The molecular formula is C21H19NO3S2. The van der Waals surface area contributed by atoms with Crippen molar-refractivity contribution >= 4 is 40.3 Å². The first-order valence-corrected chi connectivity index (χ1v) is 9.54. The molecule has 1 aliphatic heterocycles. The fourth-order valence-corrected chi connectivity index (χ4v) is 4.26. The first-order chi connectivity index (χ1) is 12.9. The summed E-state index contributed by atoms with van der Waals surface area (Å²) in [6.07, 6.45) is 2.87. The normalized spacial score (nSPS) is 15.5. The van der Waals surface area contributed by atoms with Crippen LogP contribution in [0, 0.1) is 20.8 Å². The largest absolute Gasteiger partial charge is 0.322 e. The molecule has 6 heteroatoms. The molecule has 0 radical (unpaired) electrons. The van der Waals surface area contributed by atoms with Crippen LogP contribution in [-0.4, -0.2) is 15.3 Å². The minimum atomic E-state index is -0.360. The molecular weight excluding hydrogens is 378 g/mol. The molecule has 0 unspecified atom stereocenters. The Labute approximate surface area is 168 Å². The second-order valence-corrected chi connectivity index (χ2v) is 7.89. The lowest BCUT2D eigenvalue weighted by atomic mass is 9.93. The minimum Gasteiger partial charge on any atom is -0.322 e. The lowest BCUT2D eigenvalue weighted by Crippen LogP contribution is -2.27. The Hall–Kier alpha value is -2.41. The molecule has 0 spiro atoms. The van der Waals surface area contributed by atoms with Crippen molar-refractivity contribution in [3.8, 4) is 11.1 Å². The third-order valence-corrected chi connectivity index (χ3v) is 5.39. The Morgan fingerprint density at radius 2 is 1.74 bits per heavy atom. The number of hydrogen-bond donors (Lipinski definition) is 0. The van der Waals surface area contributed by atoms with Crippen molar-refractivity contribution in [2.45, 2.75) is 20.8 Å². The molecule has 1 aliphatic rings. The monoisotopic (exact) mass is 397 g/mol. The van der Waals surface area contributed by atoms with E-state index in [1.165, 1.54) is 22.3 Å². The molecule has 3 rings (SSSR count). The number of nitrogens with zero attached hydrogens (tertiary/aromatic N) is 1. The average molecular weight is 398 g/mol. The summed E-state index contributed by atoms with van der Waals surface area (Å²) in [7, 11) is 0. The molecule has 0 aliphatic carbocycles. The maximum absolute atomic E-state index is 12.3. The number of carbonyl (C=O) groups excluding carboxylic acids is 1. The molecule has 27 heavy (non-hydrogen) atoms. The highest BCUT2D eigenvalue weighted by molar-refractivity contribution is 8.26. The summed E-state index contributed by atoms with van der Waals surface area (Å²) >= 11 is 6.30. The van der Waals surface area contributed by atoms with Crippen LogP contribution in [-0.2, 0) is 14.7 Å². The van der Waals surface area contributed by atoms with E-state index < -0.39 is 0 Å². The lowest BCUT2D eigenvalue weighted by Gasteiger charge is -2.12. The Kier molecular flexibility index (Phi) is 5.79. The van der Waals surface area contributed by atoms with Gasteiger partial charge in [0, 0.05) is 0 Å². The van der Waals surface area contributed by atoms with Crippen molar-refractivity contribution in [1.29, 1.82) is 0 Å². The maximum atomic E-state index is 12.3. The summed E-state index contributed by atoms with van der Waals surface area (Å²) in [6, 6.07) is 12.5. The van der Waals surface area contributed by atoms with Crippen LogP contribution in [0.3, 0.4) is 0 Å². The average Bonchev–Trinajstić information content (AvgIpc) is 2.87. The Balaban J connectivity index is 1.85. The topological polar surface area (TPSA) is 38.8 Å². The van der Waals surface area contributed by atoms with Gasteiger partial charge in [-0.25, -0.2) is 0 Å². The van der Waals surface area contributed by atoms with Crippen LogP contribution in [0.5, 0.6) is 0 Å². The number of hydroxylamine groups is 2. The van der Waals surface area contributed by atoms with Crippen LogP contribution in [0.2, 0.25) is 0 Å². The van der Waals surface area contributed by atoms with Gasteiger partial charge in [0.2, 0.25) is 0 Å². The quantitative estimate of drug-likeness (QED) is 0.219. The van der Waals surface area contributed by atoms with E-state index in [1.807, 2.05) is 12.1 Å². The van der Waals surface area contributed by atoms with E-state index in [4.69, 9.17) is 17.2 Å². The van der Waals surface area contributed by atoms with Crippen molar-refractivity contribution in [2.24, 2.45) is 0 Å². The van der Waals surface area contributed by atoms with Crippen molar-refractivity contribution in [2.75, 3.05) is 0 Å². The summed E-state index contributed by atoms with van der Waals surface area (Å²) in [4.78, 5) is 22.2. The van der Waals surface area contributed by atoms with E-state index in [0.29, 0.717) is 4.91 Å². The van der Waals surface area contributed by atoms with Gasteiger partial charge in [-0.15, -0.1) is 5.06 Å². The van der Waals surface area contributed by atoms with Crippen LogP contribution in [0.25, 0.3) is 17.2 Å². The van der Waals surface area contributed by atoms with Gasteiger partial charge in [0.15, 0.2) is 4.32 Å². The Morgan fingerprint density at radius 1 is 1.11 bits per heavy atom. The number of rotatable bonds is 5. The summed E-state index contributed by atoms with van der Waals surface area (Å²) in [6.45, 7) is 9.71. The fraction of sp³-hybridized carbons (Fsp3) is 0.143. The smallest absolute Gasteiger partial charge is 0.293 e. The Bertz CT molecular complexity index is 925. The van der Waals surface area contributed by atoms with Crippen LogP contribution in [0.15, 0.2) is 54.1 Å². The molecule has 0 saturated carbocycles. The molecule has 2 aromatic carbocycles. The van der Waals surface area contributed by atoms with Gasteiger partial charge in [-0.1, -0.05) is 65.3 Å². The predicted octanol–water partition coefficient (Wildman–Crippen LogP) is 5.49. The second-order valence-electron chi connectivity index (χ2n) is 6.21. The van der Waals surface area contributed by atoms with Gasteiger partial charge in [-0.3, -0.25) is 4.79 Å². The van der Waals surface area contributed by atoms with E-state index in [-0.39, 0.29) is 10.2 Å².